The monoisotopic (exact) mass is 452 g/mol. The zero-order chi connectivity index (χ0) is 22.8. The van der Waals surface area contributed by atoms with Crippen molar-refractivity contribution >= 4 is 33.6 Å². The molecule has 1 aliphatic carbocycles. The molecule has 1 heterocycles. The molecule has 4 amide bonds. The number of sulfonamides is 1. The first kappa shape index (κ1) is 23.0. The molecule has 11 heteroatoms. The Morgan fingerprint density at radius 3 is 2.42 bits per heavy atom. The number of benzene rings is 1. The van der Waals surface area contributed by atoms with Crippen molar-refractivity contribution in [2.24, 2.45) is 0 Å². The van der Waals surface area contributed by atoms with Crippen LogP contribution in [0.25, 0.3) is 0 Å². The Kier molecular flexibility index (Phi) is 6.56. The van der Waals surface area contributed by atoms with Gasteiger partial charge in [-0.15, -0.1) is 0 Å². The molecule has 31 heavy (non-hydrogen) atoms. The molecule has 2 aliphatic rings. The molecule has 1 aromatic carbocycles. The van der Waals surface area contributed by atoms with E-state index in [1.54, 1.807) is 0 Å². The lowest BCUT2D eigenvalue weighted by atomic mass is 9.90. The summed E-state index contributed by atoms with van der Waals surface area (Å²) >= 11 is 0. The molecule has 3 rings (SSSR count). The van der Waals surface area contributed by atoms with Crippen LogP contribution in [-0.4, -0.2) is 68.8 Å². The Morgan fingerprint density at radius 1 is 1.19 bits per heavy atom. The number of urea groups is 1. The molecule has 2 fully saturated rings. The van der Waals surface area contributed by atoms with Crippen molar-refractivity contribution in [2.45, 2.75) is 49.0 Å². The van der Waals surface area contributed by atoms with Gasteiger partial charge in [0.05, 0.1) is 17.7 Å². The van der Waals surface area contributed by atoms with E-state index in [-0.39, 0.29) is 22.2 Å². The maximum Gasteiger partial charge on any atom is 0.325 e. The molecular formula is C20H28N4O6S. The van der Waals surface area contributed by atoms with Crippen LogP contribution >= 0.6 is 0 Å². The highest BCUT2D eigenvalue weighted by atomic mass is 32.2. The van der Waals surface area contributed by atoms with Crippen LogP contribution in [0.15, 0.2) is 23.1 Å². The number of hydrogen-bond donors (Lipinski definition) is 2. The molecule has 0 aromatic heterocycles. The molecule has 0 unspecified atom stereocenters. The van der Waals surface area contributed by atoms with E-state index in [1.807, 2.05) is 0 Å². The summed E-state index contributed by atoms with van der Waals surface area (Å²) in [5.74, 6) is -0.763. The first-order chi connectivity index (χ1) is 14.6. The van der Waals surface area contributed by atoms with Gasteiger partial charge in [0.2, 0.25) is 15.9 Å². The summed E-state index contributed by atoms with van der Waals surface area (Å²) in [6, 6.07) is 3.50. The summed E-state index contributed by atoms with van der Waals surface area (Å²) in [5, 5.41) is 5.35. The van der Waals surface area contributed by atoms with E-state index in [9.17, 15) is 22.8 Å². The summed E-state index contributed by atoms with van der Waals surface area (Å²) in [7, 11) is 0.466. The molecule has 170 valence electrons. The van der Waals surface area contributed by atoms with Gasteiger partial charge in [0.15, 0.2) is 0 Å². The third kappa shape index (κ3) is 4.52. The van der Waals surface area contributed by atoms with Gasteiger partial charge >= 0.3 is 6.03 Å². The summed E-state index contributed by atoms with van der Waals surface area (Å²) in [6.07, 6.45) is 4.84. The largest absolute Gasteiger partial charge is 0.495 e. The van der Waals surface area contributed by atoms with Crippen molar-refractivity contribution in [2.75, 3.05) is 33.1 Å². The Balaban J connectivity index is 1.77. The first-order valence-electron chi connectivity index (χ1n) is 10.2. The SMILES string of the molecule is COc1ccc(S(=O)(=O)N(C)C)cc1NC(=O)CN1C(=O)NC2(CCCCCC2)C1=O. The maximum absolute atomic E-state index is 13.0. The number of rotatable bonds is 6. The van der Waals surface area contributed by atoms with E-state index in [0.29, 0.717) is 12.8 Å². The number of nitrogens with zero attached hydrogens (tertiary/aromatic N) is 2. The van der Waals surface area contributed by atoms with Crippen molar-refractivity contribution in [3.8, 4) is 5.75 Å². The second kappa shape index (κ2) is 8.83. The Hall–Kier alpha value is -2.66. The van der Waals surface area contributed by atoms with E-state index in [4.69, 9.17) is 4.74 Å². The van der Waals surface area contributed by atoms with Gasteiger partial charge in [0.1, 0.15) is 17.8 Å². The normalized spacial score (nSPS) is 18.8. The number of amides is 4. The van der Waals surface area contributed by atoms with E-state index in [1.165, 1.54) is 39.4 Å². The third-order valence-corrected chi connectivity index (χ3v) is 7.54. The molecule has 1 saturated heterocycles. The number of ether oxygens (including phenoxy) is 1. The van der Waals surface area contributed by atoms with Crippen molar-refractivity contribution in [1.29, 1.82) is 0 Å². The van der Waals surface area contributed by atoms with E-state index < -0.39 is 34.0 Å². The second-order valence-corrected chi connectivity index (χ2v) is 10.2. The molecular weight excluding hydrogens is 424 g/mol. The molecule has 10 nitrogen and oxygen atoms in total. The number of carbonyl (C=O) groups is 3. The van der Waals surface area contributed by atoms with Gasteiger partial charge in [-0.1, -0.05) is 25.7 Å². The van der Waals surface area contributed by atoms with Crippen LogP contribution in [0.4, 0.5) is 10.5 Å². The van der Waals surface area contributed by atoms with Crippen molar-refractivity contribution < 1.29 is 27.5 Å². The average molecular weight is 453 g/mol. The molecule has 1 saturated carbocycles. The molecule has 0 radical (unpaired) electrons. The molecule has 2 N–H and O–H groups in total. The van der Waals surface area contributed by atoms with Gasteiger partial charge in [-0.3, -0.25) is 14.5 Å². The van der Waals surface area contributed by atoms with Crippen molar-refractivity contribution in [3.05, 3.63) is 18.2 Å². The van der Waals surface area contributed by atoms with Gasteiger partial charge in [-0.25, -0.2) is 17.5 Å². The van der Waals surface area contributed by atoms with Gasteiger partial charge in [-0.2, -0.15) is 0 Å². The smallest absolute Gasteiger partial charge is 0.325 e. The van der Waals surface area contributed by atoms with Gasteiger partial charge in [-0.05, 0) is 31.0 Å². The summed E-state index contributed by atoms with van der Waals surface area (Å²) in [4.78, 5) is 39.0. The average Bonchev–Trinajstić information content (AvgIpc) is 2.88. The van der Waals surface area contributed by atoms with Crippen molar-refractivity contribution in [3.63, 3.8) is 0 Å². The zero-order valence-corrected chi connectivity index (χ0v) is 18.8. The topological polar surface area (TPSA) is 125 Å². The first-order valence-corrected chi connectivity index (χ1v) is 11.6. The highest BCUT2D eigenvalue weighted by Gasteiger charge is 2.51. The number of imide groups is 1. The Morgan fingerprint density at radius 2 is 1.84 bits per heavy atom. The zero-order valence-electron chi connectivity index (χ0n) is 17.9. The number of nitrogens with one attached hydrogen (secondary N) is 2. The molecule has 0 bridgehead atoms. The van der Waals surface area contributed by atoms with Crippen LogP contribution in [0.3, 0.4) is 0 Å². The van der Waals surface area contributed by atoms with Crippen molar-refractivity contribution in [1.82, 2.24) is 14.5 Å². The molecule has 1 aliphatic heterocycles. The fourth-order valence-electron chi connectivity index (χ4n) is 3.98. The van der Waals surface area contributed by atoms with Crippen LogP contribution in [0.1, 0.15) is 38.5 Å². The minimum absolute atomic E-state index is 0.0269. The van der Waals surface area contributed by atoms with Gasteiger partial charge < -0.3 is 15.4 Å². The fraction of sp³-hybridized carbons (Fsp3) is 0.550. The van der Waals surface area contributed by atoms with Crippen LogP contribution in [-0.2, 0) is 19.6 Å². The summed E-state index contributed by atoms with van der Waals surface area (Å²) in [6.45, 7) is -0.472. The third-order valence-electron chi connectivity index (χ3n) is 5.73. The number of anilines is 1. The number of methoxy groups -OCH3 is 1. The molecule has 1 spiro atoms. The predicted molar refractivity (Wildman–Crippen MR) is 113 cm³/mol. The second-order valence-electron chi connectivity index (χ2n) is 8.02. The molecule has 1 aromatic rings. The van der Waals surface area contributed by atoms with Gasteiger partial charge in [0.25, 0.3) is 5.91 Å². The van der Waals surface area contributed by atoms with E-state index >= 15 is 0 Å². The van der Waals surface area contributed by atoms with Crippen LogP contribution in [0.2, 0.25) is 0 Å². The quantitative estimate of drug-likeness (QED) is 0.631. The fourth-order valence-corrected chi connectivity index (χ4v) is 4.91. The predicted octanol–water partition coefficient (Wildman–Crippen LogP) is 1.53. The lowest BCUT2D eigenvalue weighted by molar-refractivity contribution is -0.134. The maximum atomic E-state index is 13.0. The highest BCUT2D eigenvalue weighted by Crippen LogP contribution is 2.33. The summed E-state index contributed by atoms with van der Waals surface area (Å²) < 4.78 is 31.1. The van der Waals surface area contributed by atoms with E-state index in [0.717, 1.165) is 34.9 Å². The van der Waals surface area contributed by atoms with Crippen LogP contribution in [0.5, 0.6) is 5.75 Å². The lowest BCUT2D eigenvalue weighted by Gasteiger charge is -2.24. The Labute approximate surface area is 182 Å². The standard InChI is InChI=1S/C20H28N4O6S/c1-23(2)31(28,29)14-8-9-16(30-3)15(12-14)21-17(25)13-24-18(26)20(22-19(24)27)10-6-4-5-7-11-20/h8-9,12H,4-7,10-11,13H2,1-3H3,(H,21,25)(H,22,27). The highest BCUT2D eigenvalue weighted by molar-refractivity contribution is 7.89. The number of carbonyl (C=O) groups excluding carboxylic acids is 3. The molecule has 0 atom stereocenters. The van der Waals surface area contributed by atoms with Gasteiger partial charge in [0, 0.05) is 14.1 Å². The van der Waals surface area contributed by atoms with Crippen LogP contribution in [0, 0.1) is 0 Å². The Bertz CT molecular complexity index is 983. The van der Waals surface area contributed by atoms with Crippen LogP contribution < -0.4 is 15.4 Å². The minimum atomic E-state index is -3.72. The minimum Gasteiger partial charge on any atom is -0.495 e. The van der Waals surface area contributed by atoms with E-state index in [2.05, 4.69) is 10.6 Å². The lowest BCUT2D eigenvalue weighted by Crippen LogP contribution is -2.47. The number of hydrogen-bond acceptors (Lipinski definition) is 6. The summed E-state index contributed by atoms with van der Waals surface area (Å²) in [5.41, 5.74) is -0.794.